The zero-order valence-corrected chi connectivity index (χ0v) is 15.5. The molecule has 2 amide bonds. The topological polar surface area (TPSA) is 62.3 Å². The molecule has 0 saturated carbocycles. The van der Waals surface area contributed by atoms with Crippen LogP contribution in [0.25, 0.3) is 0 Å². The van der Waals surface area contributed by atoms with Gasteiger partial charge >= 0.3 is 0 Å². The maximum atomic E-state index is 13.0. The number of amides is 2. The monoisotopic (exact) mass is 375 g/mol. The van der Waals surface area contributed by atoms with Crippen LogP contribution in [0.3, 0.4) is 0 Å². The number of carbonyl (C=O) groups excluding carboxylic acids is 2. The van der Waals surface area contributed by atoms with Gasteiger partial charge in [0.05, 0.1) is 17.1 Å². The number of nitrogens with one attached hydrogen (secondary N) is 1. The second-order valence-electron chi connectivity index (χ2n) is 6.45. The third-order valence-corrected chi connectivity index (χ3v) is 5.31. The molecule has 2 heterocycles. The molecule has 26 heavy (non-hydrogen) atoms. The number of likely N-dealkylation sites (tertiary alicyclic amines) is 1. The summed E-state index contributed by atoms with van der Waals surface area (Å²) in [5.41, 5.74) is 1.73. The Morgan fingerprint density at radius 1 is 1.35 bits per heavy atom. The fourth-order valence-electron chi connectivity index (χ4n) is 3.17. The molecule has 1 aromatic carbocycles. The molecule has 0 bridgehead atoms. The molecule has 7 heteroatoms. The van der Waals surface area contributed by atoms with E-state index in [1.807, 2.05) is 12.3 Å². The molecule has 3 rings (SSSR count). The van der Waals surface area contributed by atoms with Gasteiger partial charge in [-0.3, -0.25) is 9.59 Å². The highest BCUT2D eigenvalue weighted by Gasteiger charge is 2.33. The molecule has 0 spiro atoms. The van der Waals surface area contributed by atoms with E-state index in [9.17, 15) is 14.0 Å². The number of carbonyl (C=O) groups is 2. The summed E-state index contributed by atoms with van der Waals surface area (Å²) in [6, 6.07) is 5.48. The van der Waals surface area contributed by atoms with Gasteiger partial charge in [0.15, 0.2) is 0 Å². The maximum Gasteiger partial charge on any atom is 0.242 e. The van der Waals surface area contributed by atoms with Crippen LogP contribution in [0.5, 0.6) is 0 Å². The smallest absolute Gasteiger partial charge is 0.242 e. The van der Waals surface area contributed by atoms with Crippen LogP contribution in [0.2, 0.25) is 0 Å². The summed E-state index contributed by atoms with van der Waals surface area (Å²) in [6.07, 6.45) is 2.36. The Morgan fingerprint density at radius 3 is 2.81 bits per heavy atom. The number of nitrogens with zero attached hydrogens (tertiary/aromatic N) is 2. The third kappa shape index (κ3) is 4.66. The first-order chi connectivity index (χ1) is 12.5. The first kappa shape index (κ1) is 18.5. The van der Waals surface area contributed by atoms with Crippen molar-refractivity contribution in [1.82, 2.24) is 15.2 Å². The average Bonchev–Trinajstić information content (AvgIpc) is 3.26. The summed E-state index contributed by atoms with van der Waals surface area (Å²) in [4.78, 5) is 31.1. The SMILES string of the molecule is Cc1nc(CCNC(=O)[C@H]2CCCN2C(=O)Cc2ccc(F)cc2)cs1. The Labute approximate surface area is 156 Å². The van der Waals surface area contributed by atoms with Crippen LogP contribution in [0.1, 0.15) is 29.1 Å². The fraction of sp³-hybridized carbons (Fsp3) is 0.421. The predicted molar refractivity (Wildman–Crippen MR) is 98.4 cm³/mol. The van der Waals surface area contributed by atoms with Crippen molar-refractivity contribution < 1.29 is 14.0 Å². The van der Waals surface area contributed by atoms with Crippen molar-refractivity contribution in [3.05, 3.63) is 51.7 Å². The first-order valence-corrected chi connectivity index (χ1v) is 9.63. The summed E-state index contributed by atoms with van der Waals surface area (Å²) in [5, 5.41) is 5.93. The Kier molecular flexibility index (Phi) is 5.98. The van der Waals surface area contributed by atoms with E-state index < -0.39 is 6.04 Å². The molecule has 0 aliphatic carbocycles. The summed E-state index contributed by atoms with van der Waals surface area (Å²) in [7, 11) is 0. The van der Waals surface area contributed by atoms with E-state index in [2.05, 4.69) is 10.3 Å². The molecule has 5 nitrogen and oxygen atoms in total. The Hall–Kier alpha value is -2.28. The standard InChI is InChI=1S/C19H22FN3O2S/c1-13-22-16(12-26-13)8-9-21-19(25)17-3-2-10-23(17)18(24)11-14-4-6-15(20)7-5-14/h4-7,12,17H,2-3,8-11H2,1H3,(H,21,25)/t17-/m1/s1. The maximum absolute atomic E-state index is 13.0. The normalized spacial score (nSPS) is 16.7. The number of benzene rings is 1. The molecule has 1 atom stereocenters. The molecular formula is C19H22FN3O2S. The summed E-state index contributed by atoms with van der Waals surface area (Å²) >= 11 is 1.59. The minimum Gasteiger partial charge on any atom is -0.354 e. The van der Waals surface area contributed by atoms with E-state index >= 15 is 0 Å². The quantitative estimate of drug-likeness (QED) is 0.844. The van der Waals surface area contributed by atoms with Crippen molar-refractivity contribution in [2.45, 2.75) is 38.6 Å². The van der Waals surface area contributed by atoms with Crippen molar-refractivity contribution in [2.75, 3.05) is 13.1 Å². The lowest BCUT2D eigenvalue weighted by atomic mass is 10.1. The Balaban J connectivity index is 1.52. The highest BCUT2D eigenvalue weighted by Crippen LogP contribution is 2.19. The van der Waals surface area contributed by atoms with Gasteiger partial charge in [0.1, 0.15) is 11.9 Å². The minimum absolute atomic E-state index is 0.0932. The van der Waals surface area contributed by atoms with Gasteiger partial charge in [-0.1, -0.05) is 12.1 Å². The number of hydrogen-bond acceptors (Lipinski definition) is 4. The lowest BCUT2D eigenvalue weighted by Gasteiger charge is -2.24. The van der Waals surface area contributed by atoms with Gasteiger partial charge in [-0.15, -0.1) is 11.3 Å². The second-order valence-corrected chi connectivity index (χ2v) is 7.51. The van der Waals surface area contributed by atoms with Crippen molar-refractivity contribution in [3.8, 4) is 0 Å². The van der Waals surface area contributed by atoms with Crippen LogP contribution < -0.4 is 5.32 Å². The van der Waals surface area contributed by atoms with Crippen LogP contribution in [0, 0.1) is 12.7 Å². The van der Waals surface area contributed by atoms with Gasteiger partial charge < -0.3 is 10.2 Å². The molecule has 1 aliphatic rings. The average molecular weight is 375 g/mol. The van der Waals surface area contributed by atoms with Crippen LogP contribution in [-0.2, 0) is 22.4 Å². The molecule has 0 radical (unpaired) electrons. The molecule has 1 fully saturated rings. The van der Waals surface area contributed by atoms with Crippen molar-refractivity contribution in [1.29, 1.82) is 0 Å². The minimum atomic E-state index is -0.417. The summed E-state index contributed by atoms with van der Waals surface area (Å²) in [6.45, 7) is 3.05. The van der Waals surface area contributed by atoms with Crippen molar-refractivity contribution in [3.63, 3.8) is 0 Å². The van der Waals surface area contributed by atoms with Gasteiger partial charge in [0.2, 0.25) is 11.8 Å². The zero-order valence-electron chi connectivity index (χ0n) is 14.7. The summed E-state index contributed by atoms with van der Waals surface area (Å²) < 4.78 is 13.0. The molecule has 0 unspecified atom stereocenters. The van der Waals surface area contributed by atoms with Crippen molar-refractivity contribution >= 4 is 23.2 Å². The third-order valence-electron chi connectivity index (χ3n) is 4.49. The lowest BCUT2D eigenvalue weighted by molar-refractivity contribution is -0.137. The van der Waals surface area contributed by atoms with Crippen LogP contribution in [-0.4, -0.2) is 40.8 Å². The molecule has 1 aliphatic heterocycles. The molecular weight excluding hydrogens is 353 g/mol. The number of thiazole rings is 1. The Bertz CT molecular complexity index is 775. The first-order valence-electron chi connectivity index (χ1n) is 8.75. The van der Waals surface area contributed by atoms with Gasteiger partial charge in [-0.25, -0.2) is 9.37 Å². The fourth-order valence-corrected chi connectivity index (χ4v) is 3.82. The molecule has 2 aromatic rings. The zero-order chi connectivity index (χ0) is 18.5. The Morgan fingerprint density at radius 2 is 2.12 bits per heavy atom. The summed E-state index contributed by atoms with van der Waals surface area (Å²) in [5.74, 6) is -0.527. The van der Waals surface area contributed by atoms with E-state index in [4.69, 9.17) is 0 Å². The largest absolute Gasteiger partial charge is 0.354 e. The van der Waals surface area contributed by atoms with Crippen LogP contribution in [0.15, 0.2) is 29.6 Å². The lowest BCUT2D eigenvalue weighted by Crippen LogP contribution is -2.46. The van der Waals surface area contributed by atoms with E-state index in [1.54, 1.807) is 28.4 Å². The molecule has 1 aromatic heterocycles. The molecule has 1 saturated heterocycles. The van der Waals surface area contributed by atoms with E-state index in [0.29, 0.717) is 25.9 Å². The molecule has 138 valence electrons. The highest BCUT2D eigenvalue weighted by molar-refractivity contribution is 7.09. The number of aryl methyl sites for hydroxylation is 1. The highest BCUT2D eigenvalue weighted by atomic mass is 32.1. The number of hydrogen-bond donors (Lipinski definition) is 1. The number of rotatable bonds is 6. The predicted octanol–water partition coefficient (Wildman–Crippen LogP) is 2.48. The van der Waals surface area contributed by atoms with E-state index in [0.717, 1.165) is 22.7 Å². The van der Waals surface area contributed by atoms with Crippen LogP contribution in [0.4, 0.5) is 4.39 Å². The van der Waals surface area contributed by atoms with Gasteiger partial charge in [0, 0.05) is 24.9 Å². The van der Waals surface area contributed by atoms with Gasteiger partial charge in [-0.2, -0.15) is 0 Å². The van der Waals surface area contributed by atoms with Gasteiger partial charge in [0.25, 0.3) is 0 Å². The van der Waals surface area contributed by atoms with E-state index in [1.165, 1.54) is 12.1 Å². The molecule has 1 N–H and O–H groups in total. The number of halogens is 1. The second kappa shape index (κ2) is 8.40. The van der Waals surface area contributed by atoms with Crippen molar-refractivity contribution in [2.24, 2.45) is 0 Å². The number of aromatic nitrogens is 1. The van der Waals surface area contributed by atoms with Gasteiger partial charge in [-0.05, 0) is 37.5 Å². The van der Waals surface area contributed by atoms with E-state index in [-0.39, 0.29) is 24.1 Å². The van der Waals surface area contributed by atoms with Crippen LogP contribution >= 0.6 is 11.3 Å².